The maximum atomic E-state index is 13.2. The Balaban J connectivity index is 1.38. The number of amides is 1. The molecule has 1 N–H and O–H groups in total. The third-order valence-corrected chi connectivity index (χ3v) is 6.68. The number of nitrogens with zero attached hydrogens (tertiary/aromatic N) is 2. The van der Waals surface area contributed by atoms with Gasteiger partial charge in [-0.2, -0.15) is 5.10 Å². The zero-order valence-electron chi connectivity index (χ0n) is 19.5. The van der Waals surface area contributed by atoms with Gasteiger partial charge >= 0.3 is 0 Å². The van der Waals surface area contributed by atoms with Crippen molar-refractivity contribution >= 4 is 5.91 Å². The van der Waals surface area contributed by atoms with Gasteiger partial charge in [-0.1, -0.05) is 32.0 Å². The van der Waals surface area contributed by atoms with E-state index in [2.05, 4.69) is 49.2 Å². The zero-order valence-corrected chi connectivity index (χ0v) is 19.5. The molecule has 1 aliphatic heterocycles. The largest absolute Gasteiger partial charge is 0.491 e. The number of hydrogen-bond acceptors (Lipinski definition) is 3. The van der Waals surface area contributed by atoms with Gasteiger partial charge in [-0.25, -0.2) is 0 Å². The Morgan fingerprint density at radius 2 is 1.81 bits per heavy atom. The molecule has 1 aromatic heterocycles. The highest BCUT2D eigenvalue weighted by atomic mass is 16.5. The Hall–Kier alpha value is -3.08. The minimum atomic E-state index is -0.0121. The Morgan fingerprint density at radius 3 is 2.53 bits per heavy atom. The van der Waals surface area contributed by atoms with E-state index in [0.29, 0.717) is 6.54 Å². The second kappa shape index (κ2) is 7.51. The van der Waals surface area contributed by atoms with Crippen molar-refractivity contribution in [1.29, 1.82) is 0 Å². The van der Waals surface area contributed by atoms with Crippen molar-refractivity contribution in [3.63, 3.8) is 0 Å². The van der Waals surface area contributed by atoms with E-state index in [9.17, 15) is 4.79 Å². The molecule has 5 heteroatoms. The lowest BCUT2D eigenvalue weighted by atomic mass is 9.90. The van der Waals surface area contributed by atoms with Crippen LogP contribution in [0.5, 0.6) is 5.75 Å². The zero-order chi connectivity index (χ0) is 22.6. The number of carbonyl (C=O) groups excluding carboxylic acids is 1. The Morgan fingerprint density at radius 1 is 1.06 bits per heavy atom. The van der Waals surface area contributed by atoms with Crippen molar-refractivity contribution in [3.8, 4) is 17.0 Å². The lowest BCUT2D eigenvalue weighted by Crippen LogP contribution is -2.27. The normalized spacial score (nSPS) is 17.6. The minimum absolute atomic E-state index is 0.0121. The summed E-state index contributed by atoms with van der Waals surface area (Å²) in [5.74, 6) is 0.946. The fourth-order valence-electron chi connectivity index (χ4n) is 5.08. The summed E-state index contributed by atoms with van der Waals surface area (Å²) in [5, 5.41) is 7.86. The molecule has 2 aromatic carbocycles. The van der Waals surface area contributed by atoms with Crippen molar-refractivity contribution in [3.05, 3.63) is 70.4 Å². The van der Waals surface area contributed by atoms with Gasteiger partial charge in [0.2, 0.25) is 0 Å². The predicted octanol–water partition coefficient (Wildman–Crippen LogP) is 5.71. The third kappa shape index (κ3) is 3.60. The summed E-state index contributed by atoms with van der Waals surface area (Å²) in [6, 6.07) is 14.2. The first kappa shape index (κ1) is 20.8. The molecule has 1 amide bonds. The fourth-order valence-corrected chi connectivity index (χ4v) is 5.08. The van der Waals surface area contributed by atoms with Crippen LogP contribution in [0.2, 0.25) is 0 Å². The Labute approximate surface area is 189 Å². The molecule has 32 heavy (non-hydrogen) atoms. The van der Waals surface area contributed by atoms with Crippen LogP contribution < -0.4 is 4.74 Å². The van der Waals surface area contributed by atoms with Crippen molar-refractivity contribution in [2.24, 2.45) is 5.41 Å². The molecule has 0 spiro atoms. The van der Waals surface area contributed by atoms with Gasteiger partial charge in [0, 0.05) is 28.9 Å². The summed E-state index contributed by atoms with van der Waals surface area (Å²) in [4.78, 5) is 15.1. The van der Waals surface area contributed by atoms with Crippen molar-refractivity contribution in [2.45, 2.75) is 66.2 Å². The lowest BCUT2D eigenvalue weighted by molar-refractivity contribution is 0.0716. The van der Waals surface area contributed by atoms with E-state index in [1.54, 1.807) is 0 Å². The number of rotatable bonds is 5. The van der Waals surface area contributed by atoms with Crippen LogP contribution in [0.25, 0.3) is 11.3 Å². The highest BCUT2D eigenvalue weighted by Gasteiger charge is 2.34. The van der Waals surface area contributed by atoms with E-state index in [0.717, 1.165) is 46.5 Å². The maximum Gasteiger partial charge on any atom is 0.255 e. The molecule has 0 bridgehead atoms. The average molecular weight is 430 g/mol. The average Bonchev–Trinajstić information content (AvgIpc) is 3.36. The predicted molar refractivity (Wildman–Crippen MR) is 126 cm³/mol. The molecule has 0 fully saturated rings. The molecule has 2 aliphatic rings. The van der Waals surface area contributed by atoms with Crippen LogP contribution in [0.4, 0.5) is 0 Å². The van der Waals surface area contributed by atoms with Crippen LogP contribution in [0.15, 0.2) is 42.5 Å². The molecule has 5 nitrogen and oxygen atoms in total. The molecule has 1 aliphatic carbocycles. The van der Waals surface area contributed by atoms with E-state index < -0.39 is 0 Å². The summed E-state index contributed by atoms with van der Waals surface area (Å²) in [6.45, 7) is 11.3. The summed E-state index contributed by atoms with van der Waals surface area (Å²) in [5.41, 5.74) is 7.96. The number of aromatic amines is 1. The summed E-state index contributed by atoms with van der Waals surface area (Å²) in [6.07, 6.45) is 2.21. The van der Waals surface area contributed by atoms with E-state index in [1.165, 1.54) is 11.3 Å². The van der Waals surface area contributed by atoms with Gasteiger partial charge in [-0.15, -0.1) is 0 Å². The van der Waals surface area contributed by atoms with Crippen LogP contribution in [0.3, 0.4) is 0 Å². The van der Waals surface area contributed by atoms with E-state index in [4.69, 9.17) is 4.74 Å². The number of carbonyl (C=O) groups is 1. The van der Waals surface area contributed by atoms with E-state index in [1.807, 2.05) is 43.0 Å². The van der Waals surface area contributed by atoms with Crippen LogP contribution in [-0.2, 0) is 19.4 Å². The number of benzene rings is 2. The molecule has 1 atom stereocenters. The van der Waals surface area contributed by atoms with Gasteiger partial charge in [0.25, 0.3) is 5.91 Å². The van der Waals surface area contributed by atoms with E-state index >= 15 is 0 Å². The monoisotopic (exact) mass is 429 g/mol. The van der Waals surface area contributed by atoms with Gasteiger partial charge in [0.15, 0.2) is 0 Å². The number of ether oxygens (including phenoxy) is 1. The SMILES string of the molecule is CC(C)Oc1ccc([C@@H](C)N2Cc3cc(-c4n[nH]c5c4CC(C)(C)C5)ccc3C2=O)cc1. The standard InChI is InChI=1S/C27H31N3O2/c1-16(2)32-21-9-6-18(7-10-21)17(3)30-15-20-12-19(8-11-22(20)26(30)31)25-23-13-27(4,5)14-24(23)28-29-25/h6-12,16-17H,13-15H2,1-5H3,(H,28,29)/t17-/m1/s1. The first-order valence-electron chi connectivity index (χ1n) is 11.5. The second-order valence-corrected chi connectivity index (χ2v) is 10.3. The van der Waals surface area contributed by atoms with Gasteiger partial charge < -0.3 is 9.64 Å². The lowest BCUT2D eigenvalue weighted by Gasteiger charge is -2.25. The highest BCUT2D eigenvalue weighted by molar-refractivity contribution is 5.99. The molecular formula is C27H31N3O2. The molecule has 5 rings (SSSR count). The van der Waals surface area contributed by atoms with Crippen LogP contribution in [0.1, 0.15) is 73.4 Å². The molecule has 3 aromatic rings. The maximum absolute atomic E-state index is 13.2. The smallest absolute Gasteiger partial charge is 0.255 e. The van der Waals surface area contributed by atoms with Crippen LogP contribution in [-0.4, -0.2) is 27.1 Å². The molecule has 0 saturated carbocycles. The van der Waals surface area contributed by atoms with Crippen molar-refractivity contribution in [2.75, 3.05) is 0 Å². The molecular weight excluding hydrogens is 398 g/mol. The van der Waals surface area contributed by atoms with Gasteiger partial charge in [0.05, 0.1) is 17.8 Å². The van der Waals surface area contributed by atoms with Crippen LogP contribution >= 0.6 is 0 Å². The van der Waals surface area contributed by atoms with Crippen molar-refractivity contribution in [1.82, 2.24) is 15.1 Å². The third-order valence-electron chi connectivity index (χ3n) is 6.68. The van der Waals surface area contributed by atoms with E-state index in [-0.39, 0.29) is 23.5 Å². The first-order chi connectivity index (χ1) is 15.2. The second-order valence-electron chi connectivity index (χ2n) is 10.3. The number of fused-ring (bicyclic) bond motifs is 2. The number of nitrogens with one attached hydrogen (secondary N) is 1. The Kier molecular flexibility index (Phi) is 4.88. The quantitative estimate of drug-likeness (QED) is 0.565. The first-order valence-corrected chi connectivity index (χ1v) is 11.5. The molecule has 2 heterocycles. The Bertz CT molecular complexity index is 1170. The summed E-state index contributed by atoms with van der Waals surface area (Å²) in [7, 11) is 0. The molecule has 0 unspecified atom stereocenters. The number of H-pyrrole nitrogens is 1. The number of aromatic nitrogens is 2. The topological polar surface area (TPSA) is 58.2 Å². The number of hydrogen-bond donors (Lipinski definition) is 1. The fraction of sp³-hybridized carbons (Fsp3) is 0.407. The molecule has 0 radical (unpaired) electrons. The summed E-state index contributed by atoms with van der Waals surface area (Å²) < 4.78 is 5.75. The van der Waals surface area contributed by atoms with Gasteiger partial charge in [-0.05, 0) is 74.4 Å². The summed E-state index contributed by atoms with van der Waals surface area (Å²) >= 11 is 0. The van der Waals surface area contributed by atoms with Crippen LogP contribution in [0, 0.1) is 5.41 Å². The minimum Gasteiger partial charge on any atom is -0.491 e. The van der Waals surface area contributed by atoms with Gasteiger partial charge in [-0.3, -0.25) is 9.89 Å². The highest BCUT2D eigenvalue weighted by Crippen LogP contribution is 2.41. The van der Waals surface area contributed by atoms with Crippen molar-refractivity contribution < 1.29 is 9.53 Å². The van der Waals surface area contributed by atoms with Gasteiger partial charge in [0.1, 0.15) is 5.75 Å². The molecule has 0 saturated heterocycles. The molecule has 166 valence electrons.